The van der Waals surface area contributed by atoms with Gasteiger partial charge in [-0.25, -0.2) is 15.0 Å². The van der Waals surface area contributed by atoms with Gasteiger partial charge < -0.3 is 25.4 Å². The fourth-order valence-electron chi connectivity index (χ4n) is 3.81. The molecule has 4 rings (SSSR count). The number of anilines is 1. The summed E-state index contributed by atoms with van der Waals surface area (Å²) in [7, 11) is 0. The summed E-state index contributed by atoms with van der Waals surface area (Å²) in [6, 6.07) is 0. The predicted molar refractivity (Wildman–Crippen MR) is 88.8 cm³/mol. The lowest BCUT2D eigenvalue weighted by atomic mass is 10.0. The van der Waals surface area contributed by atoms with E-state index in [4.69, 9.17) is 4.74 Å². The van der Waals surface area contributed by atoms with Crippen LogP contribution in [0.25, 0.3) is 11.2 Å². The Labute approximate surface area is 144 Å². The Morgan fingerprint density at radius 2 is 2.00 bits per heavy atom. The predicted octanol–water partition coefficient (Wildman–Crippen LogP) is 0.182. The lowest BCUT2D eigenvalue weighted by Gasteiger charge is -2.26. The van der Waals surface area contributed by atoms with Gasteiger partial charge in [0.2, 0.25) is 0 Å². The van der Waals surface area contributed by atoms with Crippen LogP contribution in [0, 0.1) is 0 Å². The molecule has 9 heteroatoms. The molecule has 2 aliphatic rings. The summed E-state index contributed by atoms with van der Waals surface area (Å²) in [6.45, 7) is 1.80. The first kappa shape index (κ1) is 16.6. The van der Waals surface area contributed by atoms with Gasteiger partial charge in [0.15, 0.2) is 23.2 Å². The molecule has 3 heterocycles. The van der Waals surface area contributed by atoms with Crippen molar-refractivity contribution >= 4 is 17.0 Å². The first-order chi connectivity index (χ1) is 12.0. The van der Waals surface area contributed by atoms with Gasteiger partial charge in [-0.15, -0.1) is 0 Å². The lowest BCUT2D eigenvalue weighted by Crippen LogP contribution is -2.33. The van der Waals surface area contributed by atoms with Gasteiger partial charge >= 0.3 is 0 Å². The fourth-order valence-corrected chi connectivity index (χ4v) is 3.81. The number of rotatable bonds is 4. The van der Waals surface area contributed by atoms with Gasteiger partial charge in [0.05, 0.1) is 12.9 Å². The van der Waals surface area contributed by atoms with Gasteiger partial charge in [0, 0.05) is 5.54 Å². The molecule has 0 bridgehead atoms. The zero-order valence-electron chi connectivity index (χ0n) is 14.0. The minimum absolute atomic E-state index is 0.00733. The number of aliphatic hydroxyl groups excluding tert-OH is 3. The zero-order valence-corrected chi connectivity index (χ0v) is 14.0. The quantitative estimate of drug-likeness (QED) is 0.616. The zero-order chi connectivity index (χ0) is 17.6. The highest BCUT2D eigenvalue weighted by Gasteiger charge is 2.44. The molecule has 1 aliphatic heterocycles. The van der Waals surface area contributed by atoms with Crippen molar-refractivity contribution < 1.29 is 20.1 Å². The van der Waals surface area contributed by atoms with E-state index in [0.29, 0.717) is 17.0 Å². The van der Waals surface area contributed by atoms with Gasteiger partial charge in [-0.05, 0) is 19.8 Å². The van der Waals surface area contributed by atoms with Crippen molar-refractivity contribution in [1.29, 1.82) is 0 Å². The monoisotopic (exact) mass is 349 g/mol. The summed E-state index contributed by atoms with van der Waals surface area (Å²) >= 11 is 0. The second-order valence-electron chi connectivity index (χ2n) is 7.17. The van der Waals surface area contributed by atoms with E-state index in [0.717, 1.165) is 12.8 Å². The Balaban J connectivity index is 1.67. The number of nitrogens with one attached hydrogen (secondary N) is 1. The summed E-state index contributed by atoms with van der Waals surface area (Å²) < 4.78 is 7.15. The van der Waals surface area contributed by atoms with Crippen LogP contribution in [0.15, 0.2) is 12.7 Å². The minimum Gasteiger partial charge on any atom is -0.394 e. The fraction of sp³-hybridized carbons (Fsp3) is 0.688. The van der Waals surface area contributed by atoms with Crippen LogP contribution in [0.2, 0.25) is 0 Å². The molecule has 0 radical (unpaired) electrons. The molecule has 25 heavy (non-hydrogen) atoms. The van der Waals surface area contributed by atoms with Crippen molar-refractivity contribution in [2.24, 2.45) is 0 Å². The Morgan fingerprint density at radius 1 is 1.24 bits per heavy atom. The Morgan fingerprint density at radius 3 is 2.68 bits per heavy atom. The van der Waals surface area contributed by atoms with Gasteiger partial charge in [0.1, 0.15) is 24.6 Å². The van der Waals surface area contributed by atoms with Gasteiger partial charge in [-0.3, -0.25) is 4.57 Å². The number of ether oxygens (including phenoxy) is 1. The van der Waals surface area contributed by atoms with E-state index < -0.39 is 24.5 Å². The van der Waals surface area contributed by atoms with Crippen LogP contribution in [-0.2, 0) is 4.74 Å². The highest BCUT2D eigenvalue weighted by atomic mass is 16.6. The van der Waals surface area contributed by atoms with Gasteiger partial charge in [-0.2, -0.15) is 0 Å². The molecule has 0 amide bonds. The van der Waals surface area contributed by atoms with Crippen LogP contribution in [0.4, 0.5) is 5.82 Å². The lowest BCUT2D eigenvalue weighted by molar-refractivity contribution is -0.0511. The molecule has 1 saturated heterocycles. The van der Waals surface area contributed by atoms with Crippen molar-refractivity contribution in [1.82, 2.24) is 19.5 Å². The first-order valence-electron chi connectivity index (χ1n) is 8.60. The number of nitrogens with zero attached hydrogens (tertiary/aromatic N) is 4. The standard InChI is InChI=1S/C16H23N5O4/c1-16(4-2-3-5-16)20-13-10-14(18-7-17-13)21(8-19-10)15-12(24)11(23)9(6-22)25-15/h7-9,11-12,15,22-24H,2-6H2,1H3,(H,17,18,20). The molecule has 2 aromatic heterocycles. The number of aliphatic hydroxyl groups is 3. The summed E-state index contributed by atoms with van der Waals surface area (Å²) in [5.41, 5.74) is 1.09. The van der Waals surface area contributed by atoms with E-state index in [1.54, 1.807) is 4.57 Å². The molecule has 136 valence electrons. The molecule has 0 spiro atoms. The maximum Gasteiger partial charge on any atom is 0.167 e. The first-order valence-corrected chi connectivity index (χ1v) is 8.60. The van der Waals surface area contributed by atoms with E-state index in [9.17, 15) is 15.3 Å². The molecular weight excluding hydrogens is 326 g/mol. The minimum atomic E-state index is -1.17. The molecular formula is C16H23N5O4. The van der Waals surface area contributed by atoms with Gasteiger partial charge in [0.25, 0.3) is 0 Å². The topological polar surface area (TPSA) is 126 Å². The molecule has 2 fully saturated rings. The van der Waals surface area contributed by atoms with E-state index in [2.05, 4.69) is 27.2 Å². The highest BCUT2D eigenvalue weighted by molar-refractivity contribution is 5.83. The maximum absolute atomic E-state index is 10.2. The van der Waals surface area contributed by atoms with Crippen molar-refractivity contribution in [3.8, 4) is 0 Å². The second kappa shape index (κ2) is 6.17. The number of imidazole rings is 1. The van der Waals surface area contributed by atoms with Crippen molar-refractivity contribution in [3.05, 3.63) is 12.7 Å². The largest absolute Gasteiger partial charge is 0.394 e. The summed E-state index contributed by atoms with van der Waals surface area (Å²) in [6.07, 6.45) is 3.46. The van der Waals surface area contributed by atoms with Crippen molar-refractivity contribution in [2.75, 3.05) is 11.9 Å². The summed E-state index contributed by atoms with van der Waals surface area (Å²) in [5, 5.41) is 32.9. The van der Waals surface area contributed by atoms with Crippen LogP contribution in [0.1, 0.15) is 38.8 Å². The van der Waals surface area contributed by atoms with Crippen molar-refractivity contribution in [3.63, 3.8) is 0 Å². The SMILES string of the molecule is CC1(Nc2ncnc3c2ncn3C2OC(CO)C(O)C2O)CCCC1. The molecule has 1 aliphatic carbocycles. The van der Waals surface area contributed by atoms with Crippen molar-refractivity contribution in [2.45, 2.75) is 62.7 Å². The Bertz CT molecular complexity index is 760. The molecule has 0 aromatic carbocycles. The van der Waals surface area contributed by atoms with Crippen LogP contribution in [0.3, 0.4) is 0 Å². The molecule has 4 unspecified atom stereocenters. The highest BCUT2D eigenvalue weighted by Crippen LogP contribution is 2.35. The number of hydrogen-bond donors (Lipinski definition) is 4. The number of fused-ring (bicyclic) bond motifs is 1. The van der Waals surface area contributed by atoms with E-state index in [1.807, 2.05) is 0 Å². The number of aromatic nitrogens is 4. The maximum atomic E-state index is 10.2. The Hall–Kier alpha value is -1.81. The molecule has 9 nitrogen and oxygen atoms in total. The molecule has 4 N–H and O–H groups in total. The summed E-state index contributed by atoms with van der Waals surface area (Å²) in [4.78, 5) is 13.0. The number of hydrogen-bond acceptors (Lipinski definition) is 8. The van der Waals surface area contributed by atoms with Crippen LogP contribution in [-0.4, -0.2) is 65.3 Å². The molecule has 4 atom stereocenters. The van der Waals surface area contributed by atoms with E-state index in [-0.39, 0.29) is 12.1 Å². The third-order valence-corrected chi connectivity index (χ3v) is 5.28. The normalized spacial score (nSPS) is 31.7. The summed E-state index contributed by atoms with van der Waals surface area (Å²) in [5.74, 6) is 0.653. The second-order valence-corrected chi connectivity index (χ2v) is 7.17. The van der Waals surface area contributed by atoms with E-state index >= 15 is 0 Å². The average molecular weight is 349 g/mol. The van der Waals surface area contributed by atoms with E-state index in [1.165, 1.54) is 25.5 Å². The van der Waals surface area contributed by atoms with Crippen LogP contribution < -0.4 is 5.32 Å². The van der Waals surface area contributed by atoms with Crippen LogP contribution >= 0.6 is 0 Å². The van der Waals surface area contributed by atoms with Crippen LogP contribution in [0.5, 0.6) is 0 Å². The smallest absolute Gasteiger partial charge is 0.167 e. The van der Waals surface area contributed by atoms with Gasteiger partial charge in [-0.1, -0.05) is 12.8 Å². The molecule has 2 aromatic rings. The molecule has 1 saturated carbocycles. The average Bonchev–Trinajstić information content (AvgIpc) is 3.28. The Kier molecular flexibility index (Phi) is 4.11. The third-order valence-electron chi connectivity index (χ3n) is 5.28. The third kappa shape index (κ3) is 2.77.